The van der Waals surface area contributed by atoms with Crippen LogP contribution in [0.5, 0.6) is 0 Å². The van der Waals surface area contributed by atoms with Crippen LogP contribution in [0.4, 0.5) is 9.18 Å². The summed E-state index contributed by atoms with van der Waals surface area (Å²) in [5.41, 5.74) is 2.39. The Morgan fingerprint density at radius 1 is 1.22 bits per heavy atom. The smallest absolute Gasteiger partial charge is 0.407 e. The molecule has 0 bridgehead atoms. The number of benzene rings is 1. The van der Waals surface area contributed by atoms with Crippen molar-refractivity contribution in [1.82, 2.24) is 10.3 Å². The van der Waals surface area contributed by atoms with Crippen molar-refractivity contribution in [2.75, 3.05) is 6.61 Å². The molecular formula is C27H31FN2O2. The van der Waals surface area contributed by atoms with Crippen LogP contribution in [0.15, 0.2) is 48.7 Å². The third-order valence-electron chi connectivity index (χ3n) is 7.95. The van der Waals surface area contributed by atoms with Crippen molar-refractivity contribution in [3.63, 3.8) is 0 Å². The van der Waals surface area contributed by atoms with E-state index in [2.05, 4.69) is 29.4 Å². The molecule has 1 unspecified atom stereocenters. The average molecular weight is 435 g/mol. The molecule has 2 saturated carbocycles. The van der Waals surface area contributed by atoms with E-state index >= 15 is 0 Å². The van der Waals surface area contributed by atoms with Gasteiger partial charge in [0.25, 0.3) is 0 Å². The molecule has 1 saturated heterocycles. The fourth-order valence-corrected chi connectivity index (χ4v) is 6.55. The van der Waals surface area contributed by atoms with Gasteiger partial charge < -0.3 is 10.1 Å². The summed E-state index contributed by atoms with van der Waals surface area (Å²) >= 11 is 0. The van der Waals surface area contributed by atoms with Gasteiger partial charge in [0.05, 0.1) is 11.2 Å². The average Bonchev–Trinajstić information content (AvgIpc) is 3.17. The highest BCUT2D eigenvalue weighted by atomic mass is 19.1. The van der Waals surface area contributed by atoms with Crippen LogP contribution in [0.2, 0.25) is 0 Å². The number of halogens is 1. The number of pyridine rings is 1. The first kappa shape index (κ1) is 21.2. The predicted molar refractivity (Wildman–Crippen MR) is 123 cm³/mol. The quantitative estimate of drug-likeness (QED) is 0.620. The summed E-state index contributed by atoms with van der Waals surface area (Å²) < 4.78 is 19.0. The van der Waals surface area contributed by atoms with Crippen molar-refractivity contribution in [2.24, 2.45) is 23.7 Å². The van der Waals surface area contributed by atoms with Crippen LogP contribution < -0.4 is 5.32 Å². The summed E-state index contributed by atoms with van der Waals surface area (Å²) in [7, 11) is 0. The number of aromatic nitrogens is 1. The van der Waals surface area contributed by atoms with Crippen molar-refractivity contribution in [1.29, 1.82) is 0 Å². The van der Waals surface area contributed by atoms with Crippen molar-refractivity contribution in [2.45, 2.75) is 51.0 Å². The highest BCUT2D eigenvalue weighted by Crippen LogP contribution is 2.53. The summed E-state index contributed by atoms with van der Waals surface area (Å²) in [5.74, 6) is 1.79. The number of alkyl carbamates (subject to hydrolysis) is 1. The summed E-state index contributed by atoms with van der Waals surface area (Å²) in [6, 6.07) is 10.6. The number of carbonyl (C=O) groups excluding carboxylic acids is 1. The zero-order chi connectivity index (χ0) is 22.1. The molecule has 5 rings (SSSR count). The predicted octanol–water partition coefficient (Wildman–Crippen LogP) is 6.23. The van der Waals surface area contributed by atoms with E-state index in [1.54, 1.807) is 6.07 Å². The number of rotatable bonds is 4. The number of nitrogens with one attached hydrogen (secondary N) is 1. The topological polar surface area (TPSA) is 51.2 Å². The zero-order valence-electron chi connectivity index (χ0n) is 18.6. The Kier molecular flexibility index (Phi) is 5.75. The Morgan fingerprint density at radius 3 is 2.81 bits per heavy atom. The number of cyclic esters (lactones) is 1. The SMILES string of the molecule is CC[C@@H]1[C@@H](/C=C/c2ccc(-c3cccc(F)c3)cn2)[C@@H]2CCCCC2C[C@@]12COC(=O)N2. The lowest BCUT2D eigenvalue weighted by Crippen LogP contribution is -2.59. The van der Waals surface area contributed by atoms with Crippen LogP contribution >= 0.6 is 0 Å². The highest BCUT2D eigenvalue weighted by molar-refractivity contribution is 5.71. The second-order valence-electron chi connectivity index (χ2n) is 9.70. The fourth-order valence-electron chi connectivity index (χ4n) is 6.55. The zero-order valence-corrected chi connectivity index (χ0v) is 18.6. The van der Waals surface area contributed by atoms with Crippen LogP contribution in [0.1, 0.15) is 51.1 Å². The van der Waals surface area contributed by atoms with Crippen molar-refractivity contribution in [3.05, 3.63) is 60.2 Å². The number of fused-ring (bicyclic) bond motifs is 1. The molecule has 168 valence electrons. The molecule has 1 aromatic carbocycles. The second kappa shape index (κ2) is 8.68. The summed E-state index contributed by atoms with van der Waals surface area (Å²) in [5, 5.41) is 3.22. The van der Waals surface area contributed by atoms with Gasteiger partial charge in [-0.15, -0.1) is 0 Å². The van der Waals surface area contributed by atoms with Gasteiger partial charge in [-0.1, -0.05) is 56.9 Å². The van der Waals surface area contributed by atoms with E-state index in [1.807, 2.05) is 24.4 Å². The standard InChI is InChI=1S/C27H31FN2O2/c1-2-25-24(23-9-4-3-6-19(23)15-27(25)17-32-26(31)30-27)13-12-22-11-10-20(16-29-22)18-7-5-8-21(28)14-18/h5,7-8,10-14,16,19,23-25H,2-4,6,9,15,17H2,1H3,(H,30,31)/b13-12+/t19?,23-,24+,25-,27-/m1/s1. The lowest BCUT2D eigenvalue weighted by molar-refractivity contribution is -0.000906. The van der Waals surface area contributed by atoms with Gasteiger partial charge in [0.15, 0.2) is 0 Å². The van der Waals surface area contributed by atoms with Crippen LogP contribution in [-0.2, 0) is 4.74 Å². The minimum absolute atomic E-state index is 0.242. The van der Waals surface area contributed by atoms with E-state index in [0.717, 1.165) is 29.7 Å². The van der Waals surface area contributed by atoms with E-state index in [1.165, 1.54) is 37.8 Å². The molecule has 2 heterocycles. The molecule has 1 aliphatic heterocycles. The number of amides is 1. The van der Waals surface area contributed by atoms with Gasteiger partial charge in [0.1, 0.15) is 12.4 Å². The molecule has 2 aromatic rings. The molecule has 1 spiro atoms. The molecule has 5 heteroatoms. The Bertz CT molecular complexity index is 1000. The maximum absolute atomic E-state index is 13.5. The van der Waals surface area contributed by atoms with Crippen molar-refractivity contribution >= 4 is 12.2 Å². The third-order valence-corrected chi connectivity index (χ3v) is 7.95. The van der Waals surface area contributed by atoms with Crippen LogP contribution in [0.25, 0.3) is 17.2 Å². The first-order chi connectivity index (χ1) is 15.6. The Morgan fingerprint density at radius 2 is 2.09 bits per heavy atom. The Labute approximate surface area is 189 Å². The van der Waals surface area contributed by atoms with Gasteiger partial charge >= 0.3 is 6.09 Å². The number of hydrogen-bond donors (Lipinski definition) is 1. The van der Waals surface area contributed by atoms with Gasteiger partial charge in [-0.05, 0) is 66.4 Å². The Hall–Kier alpha value is -2.69. The number of carbonyl (C=O) groups is 1. The molecule has 0 radical (unpaired) electrons. The lowest BCUT2D eigenvalue weighted by atomic mass is 9.54. The first-order valence-electron chi connectivity index (χ1n) is 11.9. The van der Waals surface area contributed by atoms with Gasteiger partial charge in [-0.2, -0.15) is 0 Å². The normalized spacial score (nSPS) is 32.0. The molecule has 3 fully saturated rings. The van der Waals surface area contributed by atoms with Gasteiger partial charge in [0, 0.05) is 11.8 Å². The Balaban J connectivity index is 1.41. The summed E-state index contributed by atoms with van der Waals surface area (Å²) in [6.07, 6.45) is 13.1. The van der Waals surface area contributed by atoms with Gasteiger partial charge in [-0.25, -0.2) is 9.18 Å². The van der Waals surface area contributed by atoms with E-state index in [4.69, 9.17) is 4.74 Å². The molecule has 5 atom stereocenters. The summed E-state index contributed by atoms with van der Waals surface area (Å²) in [6.45, 7) is 2.71. The maximum atomic E-state index is 13.5. The number of hydrogen-bond acceptors (Lipinski definition) is 3. The third kappa shape index (κ3) is 3.94. The minimum Gasteiger partial charge on any atom is -0.447 e. The highest BCUT2D eigenvalue weighted by Gasteiger charge is 2.55. The molecule has 32 heavy (non-hydrogen) atoms. The van der Waals surface area contributed by atoms with Crippen LogP contribution in [0.3, 0.4) is 0 Å². The molecule has 1 aromatic heterocycles. The number of nitrogens with zero attached hydrogens (tertiary/aromatic N) is 1. The molecule has 4 nitrogen and oxygen atoms in total. The monoisotopic (exact) mass is 434 g/mol. The molecule has 3 aliphatic rings. The molecule has 1 N–H and O–H groups in total. The molecule has 1 amide bonds. The molecular weight excluding hydrogens is 403 g/mol. The second-order valence-corrected chi connectivity index (χ2v) is 9.70. The van der Waals surface area contributed by atoms with E-state index in [0.29, 0.717) is 30.3 Å². The maximum Gasteiger partial charge on any atom is 0.407 e. The lowest BCUT2D eigenvalue weighted by Gasteiger charge is -2.52. The van der Waals surface area contributed by atoms with Crippen molar-refractivity contribution < 1.29 is 13.9 Å². The van der Waals surface area contributed by atoms with Gasteiger partial charge in [0.2, 0.25) is 0 Å². The van der Waals surface area contributed by atoms with E-state index in [-0.39, 0.29) is 17.4 Å². The molecule has 2 aliphatic carbocycles. The van der Waals surface area contributed by atoms with E-state index < -0.39 is 0 Å². The largest absolute Gasteiger partial charge is 0.447 e. The first-order valence-corrected chi connectivity index (χ1v) is 11.9. The summed E-state index contributed by atoms with van der Waals surface area (Å²) in [4.78, 5) is 16.6. The van der Waals surface area contributed by atoms with Crippen molar-refractivity contribution in [3.8, 4) is 11.1 Å². The van der Waals surface area contributed by atoms with Gasteiger partial charge in [-0.3, -0.25) is 4.98 Å². The number of ether oxygens (including phenoxy) is 1. The number of allylic oxidation sites excluding steroid dienone is 1. The van der Waals surface area contributed by atoms with Crippen LogP contribution in [-0.4, -0.2) is 23.2 Å². The van der Waals surface area contributed by atoms with Crippen LogP contribution in [0, 0.1) is 29.5 Å². The fraction of sp³-hybridized carbons (Fsp3) is 0.481. The minimum atomic E-state index is -0.268. The van der Waals surface area contributed by atoms with E-state index in [9.17, 15) is 9.18 Å².